The van der Waals surface area contributed by atoms with E-state index in [4.69, 9.17) is 0 Å². The Morgan fingerprint density at radius 2 is 2.00 bits per heavy atom. The molecule has 1 amide bonds. The highest BCUT2D eigenvalue weighted by Crippen LogP contribution is 2.24. The van der Waals surface area contributed by atoms with Crippen molar-refractivity contribution in [1.82, 2.24) is 24.8 Å². The molecule has 30 heavy (non-hydrogen) atoms. The fourth-order valence-corrected chi connectivity index (χ4v) is 4.52. The summed E-state index contributed by atoms with van der Waals surface area (Å²) in [6.07, 6.45) is 7.18. The van der Waals surface area contributed by atoms with Crippen molar-refractivity contribution in [3.05, 3.63) is 76.6 Å². The third-order valence-corrected chi connectivity index (χ3v) is 6.55. The van der Waals surface area contributed by atoms with Crippen molar-refractivity contribution in [3.63, 3.8) is 0 Å². The molecular weight excluding hydrogens is 414 g/mol. The van der Waals surface area contributed by atoms with Crippen LogP contribution in [0.4, 0.5) is 0 Å². The molecule has 0 unspecified atom stereocenters. The third kappa shape index (κ3) is 4.60. The van der Waals surface area contributed by atoms with Crippen LogP contribution in [0.15, 0.2) is 65.7 Å². The van der Waals surface area contributed by atoms with Gasteiger partial charge in [-0.1, -0.05) is 23.9 Å². The van der Waals surface area contributed by atoms with Crippen LogP contribution in [-0.4, -0.2) is 31.2 Å². The van der Waals surface area contributed by atoms with Gasteiger partial charge in [0.15, 0.2) is 5.16 Å². The molecule has 0 radical (unpaired) electrons. The van der Waals surface area contributed by atoms with Crippen LogP contribution in [0.2, 0.25) is 0 Å². The average Bonchev–Trinajstić information content (AvgIpc) is 3.43. The Morgan fingerprint density at radius 1 is 1.17 bits per heavy atom. The second-order valence-corrected chi connectivity index (χ2v) is 8.61. The molecule has 0 aliphatic heterocycles. The van der Waals surface area contributed by atoms with E-state index in [-0.39, 0.29) is 5.91 Å². The van der Waals surface area contributed by atoms with Crippen molar-refractivity contribution in [3.8, 4) is 16.9 Å². The number of carbonyl (C=O) groups is 1. The Balaban J connectivity index is 1.34. The van der Waals surface area contributed by atoms with Gasteiger partial charge in [-0.2, -0.15) is 0 Å². The van der Waals surface area contributed by atoms with E-state index in [1.54, 1.807) is 18.6 Å². The molecule has 0 saturated heterocycles. The van der Waals surface area contributed by atoms with Gasteiger partial charge < -0.3 is 5.32 Å². The van der Waals surface area contributed by atoms with E-state index in [0.29, 0.717) is 12.3 Å². The van der Waals surface area contributed by atoms with Crippen LogP contribution in [0.5, 0.6) is 0 Å². The average molecular weight is 436 g/mol. The molecule has 0 atom stereocenters. The number of hydrogen-bond acceptors (Lipinski definition) is 6. The van der Waals surface area contributed by atoms with Crippen LogP contribution in [-0.2, 0) is 11.3 Å². The summed E-state index contributed by atoms with van der Waals surface area (Å²) in [5, 5.41) is 6.61. The third-order valence-electron chi connectivity index (χ3n) is 4.74. The lowest BCUT2D eigenvalue weighted by Crippen LogP contribution is -2.24. The second kappa shape index (κ2) is 9.23. The van der Waals surface area contributed by atoms with Gasteiger partial charge in [-0.25, -0.2) is 9.97 Å². The number of aromatic nitrogens is 4. The Hall–Kier alpha value is -2.97. The summed E-state index contributed by atoms with van der Waals surface area (Å²) in [5.74, 6) is 0.251. The maximum atomic E-state index is 12.4. The first-order chi connectivity index (χ1) is 14.6. The minimum Gasteiger partial charge on any atom is -0.349 e. The van der Waals surface area contributed by atoms with E-state index in [9.17, 15) is 4.79 Å². The summed E-state index contributed by atoms with van der Waals surface area (Å²) >= 11 is 2.96. The predicted octanol–water partition coefficient (Wildman–Crippen LogP) is 4.42. The molecule has 0 spiro atoms. The summed E-state index contributed by atoms with van der Waals surface area (Å²) in [7, 11) is 0. The van der Waals surface area contributed by atoms with Crippen LogP contribution < -0.4 is 5.32 Å². The quantitative estimate of drug-likeness (QED) is 0.435. The number of hydrogen-bond donors (Lipinski definition) is 1. The first-order valence-electron chi connectivity index (χ1n) is 9.46. The van der Waals surface area contributed by atoms with Crippen molar-refractivity contribution in [2.24, 2.45) is 0 Å². The zero-order valence-electron chi connectivity index (χ0n) is 16.7. The zero-order valence-corrected chi connectivity index (χ0v) is 18.3. The molecule has 0 saturated carbocycles. The number of nitrogens with zero attached hydrogens (tertiary/aromatic N) is 4. The van der Waals surface area contributed by atoms with Crippen LogP contribution in [0.3, 0.4) is 0 Å². The number of imidazole rings is 1. The molecule has 0 bridgehead atoms. The molecule has 1 aromatic carbocycles. The highest BCUT2D eigenvalue weighted by atomic mass is 32.2. The molecule has 0 aliphatic rings. The number of amides is 1. The number of thiazole rings is 1. The summed E-state index contributed by atoms with van der Waals surface area (Å²) in [5.41, 5.74) is 5.44. The summed E-state index contributed by atoms with van der Waals surface area (Å²) in [4.78, 5) is 25.4. The highest BCUT2D eigenvalue weighted by molar-refractivity contribution is 7.99. The SMILES string of the molecule is Cc1cccc(-n2ccnc2SCC(=O)NCc2nc(-c3ccncc3)cs2)c1C. The fraction of sp³-hybridized carbons (Fsp3) is 0.182. The van der Waals surface area contributed by atoms with E-state index in [1.165, 1.54) is 34.2 Å². The Morgan fingerprint density at radius 3 is 2.83 bits per heavy atom. The first kappa shape index (κ1) is 20.3. The van der Waals surface area contributed by atoms with Gasteiger partial charge in [0.25, 0.3) is 0 Å². The number of aryl methyl sites for hydroxylation is 1. The summed E-state index contributed by atoms with van der Waals surface area (Å²) in [6, 6.07) is 10.0. The van der Waals surface area contributed by atoms with E-state index in [0.717, 1.165) is 27.1 Å². The maximum Gasteiger partial charge on any atom is 0.230 e. The lowest BCUT2D eigenvalue weighted by atomic mass is 10.1. The molecule has 3 heterocycles. The van der Waals surface area contributed by atoms with Gasteiger partial charge in [0, 0.05) is 35.7 Å². The monoisotopic (exact) mass is 435 g/mol. The Kier molecular flexibility index (Phi) is 6.25. The predicted molar refractivity (Wildman–Crippen MR) is 121 cm³/mol. The van der Waals surface area contributed by atoms with Crippen LogP contribution in [0.1, 0.15) is 16.1 Å². The maximum absolute atomic E-state index is 12.4. The molecule has 3 aromatic heterocycles. The van der Waals surface area contributed by atoms with E-state index in [1.807, 2.05) is 34.3 Å². The topological polar surface area (TPSA) is 72.7 Å². The van der Waals surface area contributed by atoms with Crippen LogP contribution in [0.25, 0.3) is 16.9 Å². The van der Waals surface area contributed by atoms with Gasteiger partial charge in [0.1, 0.15) is 5.01 Å². The van der Waals surface area contributed by atoms with Gasteiger partial charge in [0.2, 0.25) is 5.91 Å². The lowest BCUT2D eigenvalue weighted by Gasteiger charge is -2.12. The molecule has 6 nitrogen and oxygen atoms in total. The van der Waals surface area contributed by atoms with E-state index >= 15 is 0 Å². The molecule has 0 aliphatic carbocycles. The van der Waals surface area contributed by atoms with Gasteiger partial charge in [-0.3, -0.25) is 14.3 Å². The van der Waals surface area contributed by atoms with Gasteiger partial charge in [-0.05, 0) is 43.2 Å². The Labute approximate surface area is 183 Å². The molecule has 4 aromatic rings. The first-order valence-corrected chi connectivity index (χ1v) is 11.3. The van der Waals surface area contributed by atoms with Crippen molar-refractivity contribution >= 4 is 29.0 Å². The summed E-state index contributed by atoms with van der Waals surface area (Å²) < 4.78 is 2.03. The van der Waals surface area contributed by atoms with Gasteiger partial charge in [-0.15, -0.1) is 11.3 Å². The number of benzene rings is 1. The van der Waals surface area contributed by atoms with Gasteiger partial charge in [0.05, 0.1) is 23.7 Å². The highest BCUT2D eigenvalue weighted by Gasteiger charge is 2.12. The van der Waals surface area contributed by atoms with Crippen molar-refractivity contribution < 1.29 is 4.79 Å². The van der Waals surface area contributed by atoms with Crippen molar-refractivity contribution in [1.29, 1.82) is 0 Å². The van der Waals surface area contributed by atoms with E-state index in [2.05, 4.69) is 46.2 Å². The largest absolute Gasteiger partial charge is 0.349 e. The molecular formula is C22H21N5OS2. The Bertz CT molecular complexity index is 1150. The molecule has 0 fully saturated rings. The minimum absolute atomic E-state index is 0.0452. The standard InChI is InChI=1S/C22H21N5OS2/c1-15-4-3-5-19(16(15)2)27-11-10-24-22(27)30-14-20(28)25-12-21-26-18(13-29-21)17-6-8-23-9-7-17/h3-11,13H,12,14H2,1-2H3,(H,25,28). The van der Waals surface area contributed by atoms with E-state index < -0.39 is 0 Å². The summed E-state index contributed by atoms with van der Waals surface area (Å²) in [6.45, 7) is 4.61. The smallest absolute Gasteiger partial charge is 0.230 e. The second-order valence-electron chi connectivity index (χ2n) is 6.73. The molecule has 1 N–H and O–H groups in total. The molecule has 152 valence electrons. The van der Waals surface area contributed by atoms with Crippen LogP contribution in [0, 0.1) is 13.8 Å². The fourth-order valence-electron chi connectivity index (χ4n) is 2.98. The molecule has 8 heteroatoms. The zero-order chi connectivity index (χ0) is 20.9. The van der Waals surface area contributed by atoms with Crippen LogP contribution >= 0.6 is 23.1 Å². The number of nitrogens with one attached hydrogen (secondary N) is 1. The van der Waals surface area contributed by atoms with Crippen molar-refractivity contribution in [2.75, 3.05) is 5.75 Å². The number of rotatable bonds is 7. The molecule has 4 rings (SSSR count). The normalized spacial score (nSPS) is 10.9. The number of carbonyl (C=O) groups excluding carboxylic acids is 1. The van der Waals surface area contributed by atoms with Gasteiger partial charge >= 0.3 is 0 Å². The number of thioether (sulfide) groups is 1. The number of pyridine rings is 1. The minimum atomic E-state index is -0.0452. The lowest BCUT2D eigenvalue weighted by molar-refractivity contribution is -0.118. The van der Waals surface area contributed by atoms with Crippen molar-refractivity contribution in [2.45, 2.75) is 25.5 Å².